The highest BCUT2D eigenvalue weighted by Gasteiger charge is 1.94. The molecular formula is C13H17NO3. The molecule has 0 aliphatic carbocycles. The number of esters is 1. The maximum atomic E-state index is 11.3. The molecule has 0 aromatic carbocycles. The van der Waals surface area contributed by atoms with Crippen LogP contribution in [0, 0.1) is 0 Å². The third kappa shape index (κ3) is 5.15. The van der Waals surface area contributed by atoms with Gasteiger partial charge in [0.2, 0.25) is 5.56 Å². The molecule has 4 nitrogen and oxygen atoms in total. The van der Waals surface area contributed by atoms with E-state index in [2.05, 4.69) is 0 Å². The van der Waals surface area contributed by atoms with Crippen LogP contribution in [-0.2, 0) is 16.1 Å². The van der Waals surface area contributed by atoms with Crippen LogP contribution in [0.2, 0.25) is 0 Å². The Morgan fingerprint density at radius 3 is 3.00 bits per heavy atom. The summed E-state index contributed by atoms with van der Waals surface area (Å²) in [6.45, 7) is 2.82. The predicted octanol–water partition coefficient (Wildman–Crippen LogP) is 1.75. The molecule has 0 N–H and O–H groups in total. The number of carbonyl (C=O) groups excluding carboxylic acids is 1. The molecule has 0 atom stereocenters. The molecule has 0 aliphatic heterocycles. The molecule has 0 saturated heterocycles. The summed E-state index contributed by atoms with van der Waals surface area (Å²) in [6, 6.07) is 5.09. The second-order valence-corrected chi connectivity index (χ2v) is 3.53. The van der Waals surface area contributed by atoms with Gasteiger partial charge in [0.25, 0.3) is 0 Å². The lowest BCUT2D eigenvalue weighted by molar-refractivity contribution is -0.137. The molecule has 1 heterocycles. The van der Waals surface area contributed by atoms with Crippen molar-refractivity contribution in [3.8, 4) is 0 Å². The highest BCUT2D eigenvalue weighted by molar-refractivity contribution is 5.81. The van der Waals surface area contributed by atoms with Crippen LogP contribution in [0.3, 0.4) is 0 Å². The number of hydrogen-bond acceptors (Lipinski definition) is 3. The number of allylic oxidation sites excluding steroid dienone is 1. The molecule has 92 valence electrons. The van der Waals surface area contributed by atoms with E-state index in [1.165, 1.54) is 12.1 Å². The lowest BCUT2D eigenvalue weighted by Gasteiger charge is -2.02. The fraction of sp³-hybridized carbons (Fsp3) is 0.385. The molecule has 17 heavy (non-hydrogen) atoms. The lowest BCUT2D eigenvalue weighted by atomic mass is 10.3. The quantitative estimate of drug-likeness (QED) is 0.429. The Bertz CT molecular complexity index is 434. The number of unbranched alkanes of at least 4 members (excludes halogenated alkanes) is 1. The molecule has 0 spiro atoms. The van der Waals surface area contributed by atoms with Gasteiger partial charge in [-0.15, -0.1) is 0 Å². The first-order chi connectivity index (χ1) is 8.24. The molecule has 0 amide bonds. The number of carbonyl (C=O) groups is 1. The summed E-state index contributed by atoms with van der Waals surface area (Å²) in [5.41, 5.74) is 0.00173. The Labute approximate surface area is 101 Å². The van der Waals surface area contributed by atoms with Gasteiger partial charge >= 0.3 is 5.97 Å². The Kier molecular flexibility index (Phi) is 5.79. The number of aromatic nitrogens is 1. The van der Waals surface area contributed by atoms with Gasteiger partial charge < -0.3 is 9.30 Å². The largest absolute Gasteiger partial charge is 0.463 e. The maximum absolute atomic E-state index is 11.3. The topological polar surface area (TPSA) is 48.3 Å². The Hall–Kier alpha value is -1.84. The van der Waals surface area contributed by atoms with Gasteiger partial charge in [0, 0.05) is 24.9 Å². The van der Waals surface area contributed by atoms with E-state index in [0.717, 1.165) is 12.8 Å². The van der Waals surface area contributed by atoms with Gasteiger partial charge in [-0.05, 0) is 25.8 Å². The van der Waals surface area contributed by atoms with Gasteiger partial charge in [0.15, 0.2) is 0 Å². The Balaban J connectivity index is 2.27. The van der Waals surface area contributed by atoms with Crippen molar-refractivity contribution in [2.75, 3.05) is 6.61 Å². The zero-order chi connectivity index (χ0) is 12.5. The van der Waals surface area contributed by atoms with Crippen molar-refractivity contribution < 1.29 is 9.53 Å². The van der Waals surface area contributed by atoms with E-state index in [1.807, 2.05) is 6.07 Å². The molecule has 0 radical (unpaired) electrons. The monoisotopic (exact) mass is 235 g/mol. The minimum Gasteiger partial charge on any atom is -0.463 e. The fourth-order valence-corrected chi connectivity index (χ4v) is 1.39. The van der Waals surface area contributed by atoms with Crippen LogP contribution in [-0.4, -0.2) is 17.1 Å². The average Bonchev–Trinajstić information content (AvgIpc) is 2.31. The van der Waals surface area contributed by atoms with E-state index in [0.29, 0.717) is 13.2 Å². The van der Waals surface area contributed by atoms with Crippen LogP contribution in [0.1, 0.15) is 19.8 Å². The molecule has 0 unspecified atom stereocenters. The molecule has 0 saturated carbocycles. The highest BCUT2D eigenvalue weighted by Crippen LogP contribution is 1.95. The minimum atomic E-state index is -0.315. The zero-order valence-corrected chi connectivity index (χ0v) is 9.96. The van der Waals surface area contributed by atoms with E-state index in [4.69, 9.17) is 4.74 Å². The van der Waals surface area contributed by atoms with Gasteiger partial charge in [0.1, 0.15) is 0 Å². The standard InChI is InChI=1S/C13H17NO3/c1-2-17-13(16)9-4-3-6-10-14-11-7-5-8-12(14)15/h4-5,7-9,11H,2-3,6,10H2,1H3/b9-4+. The molecule has 1 aromatic rings. The number of pyridine rings is 1. The highest BCUT2D eigenvalue weighted by atomic mass is 16.5. The summed E-state index contributed by atoms with van der Waals surface area (Å²) in [5.74, 6) is -0.315. The summed E-state index contributed by atoms with van der Waals surface area (Å²) < 4.78 is 6.40. The van der Waals surface area contributed by atoms with Crippen LogP contribution >= 0.6 is 0 Å². The molecule has 0 aliphatic rings. The van der Waals surface area contributed by atoms with Gasteiger partial charge in [-0.25, -0.2) is 4.79 Å². The second-order valence-electron chi connectivity index (χ2n) is 3.53. The zero-order valence-electron chi connectivity index (χ0n) is 9.96. The summed E-state index contributed by atoms with van der Waals surface area (Å²) in [7, 11) is 0. The van der Waals surface area contributed by atoms with Crippen molar-refractivity contribution in [1.82, 2.24) is 4.57 Å². The van der Waals surface area contributed by atoms with Crippen molar-refractivity contribution in [1.29, 1.82) is 0 Å². The number of aryl methyl sites for hydroxylation is 1. The smallest absolute Gasteiger partial charge is 0.330 e. The molecule has 0 bridgehead atoms. The normalized spacial score (nSPS) is 10.6. The first-order valence-corrected chi connectivity index (χ1v) is 5.73. The molecule has 0 fully saturated rings. The minimum absolute atomic E-state index is 0.00173. The number of rotatable bonds is 6. The van der Waals surface area contributed by atoms with Crippen molar-refractivity contribution in [2.45, 2.75) is 26.3 Å². The van der Waals surface area contributed by atoms with Crippen LogP contribution in [0.4, 0.5) is 0 Å². The maximum Gasteiger partial charge on any atom is 0.330 e. The van der Waals surface area contributed by atoms with Crippen LogP contribution < -0.4 is 5.56 Å². The van der Waals surface area contributed by atoms with E-state index in [-0.39, 0.29) is 11.5 Å². The number of ether oxygens (including phenoxy) is 1. The lowest BCUT2D eigenvalue weighted by Crippen LogP contribution is -2.17. The summed E-state index contributed by atoms with van der Waals surface area (Å²) in [5, 5.41) is 0. The number of hydrogen-bond donors (Lipinski definition) is 0. The van der Waals surface area contributed by atoms with Gasteiger partial charge in [0.05, 0.1) is 6.61 Å². The van der Waals surface area contributed by atoms with Gasteiger partial charge in [-0.2, -0.15) is 0 Å². The van der Waals surface area contributed by atoms with E-state index >= 15 is 0 Å². The summed E-state index contributed by atoms with van der Waals surface area (Å²) in [4.78, 5) is 22.3. The third-order valence-electron chi connectivity index (χ3n) is 2.21. The summed E-state index contributed by atoms with van der Waals surface area (Å²) in [6.07, 6.45) is 6.53. The predicted molar refractivity (Wildman–Crippen MR) is 65.7 cm³/mol. The van der Waals surface area contributed by atoms with Crippen LogP contribution in [0.25, 0.3) is 0 Å². The van der Waals surface area contributed by atoms with E-state index in [9.17, 15) is 9.59 Å². The van der Waals surface area contributed by atoms with Crippen molar-refractivity contribution >= 4 is 5.97 Å². The first kappa shape index (κ1) is 13.2. The average molecular weight is 235 g/mol. The van der Waals surface area contributed by atoms with E-state index < -0.39 is 0 Å². The van der Waals surface area contributed by atoms with Crippen molar-refractivity contribution in [3.05, 3.63) is 46.9 Å². The van der Waals surface area contributed by atoms with Gasteiger partial charge in [-0.1, -0.05) is 12.1 Å². The Morgan fingerprint density at radius 2 is 2.29 bits per heavy atom. The summed E-state index contributed by atoms with van der Waals surface area (Å²) >= 11 is 0. The second kappa shape index (κ2) is 7.44. The molecule has 1 rings (SSSR count). The number of nitrogens with zero attached hydrogens (tertiary/aromatic N) is 1. The molecular weight excluding hydrogens is 218 g/mol. The first-order valence-electron chi connectivity index (χ1n) is 5.73. The van der Waals surface area contributed by atoms with Gasteiger partial charge in [-0.3, -0.25) is 4.79 Å². The third-order valence-corrected chi connectivity index (χ3v) is 2.21. The molecule has 1 aromatic heterocycles. The molecule has 4 heteroatoms. The SMILES string of the molecule is CCOC(=O)/C=C/CCCn1ccccc1=O. The fourth-order valence-electron chi connectivity index (χ4n) is 1.39. The van der Waals surface area contributed by atoms with Crippen LogP contribution in [0.15, 0.2) is 41.3 Å². The Morgan fingerprint density at radius 1 is 1.47 bits per heavy atom. The van der Waals surface area contributed by atoms with E-state index in [1.54, 1.807) is 29.8 Å². The van der Waals surface area contributed by atoms with Crippen molar-refractivity contribution in [2.24, 2.45) is 0 Å². The van der Waals surface area contributed by atoms with Crippen LogP contribution in [0.5, 0.6) is 0 Å². The van der Waals surface area contributed by atoms with Crippen molar-refractivity contribution in [3.63, 3.8) is 0 Å².